The molecule has 0 aliphatic rings. The van der Waals surface area contributed by atoms with Gasteiger partial charge in [-0.15, -0.1) is 0 Å². The summed E-state index contributed by atoms with van der Waals surface area (Å²) in [6, 6.07) is 21.0. The number of hydrogen-bond acceptors (Lipinski definition) is 3. The van der Waals surface area contributed by atoms with E-state index in [9.17, 15) is 9.59 Å². The number of aromatic nitrogens is 1. The number of rotatable bonds is 5. The quantitative estimate of drug-likeness (QED) is 0.659. The third-order valence-corrected chi connectivity index (χ3v) is 3.59. The highest BCUT2D eigenvalue weighted by Crippen LogP contribution is 2.11. The molecule has 3 aromatic rings. The molecule has 0 aliphatic carbocycles. The second-order valence-corrected chi connectivity index (χ2v) is 5.53. The van der Waals surface area contributed by atoms with E-state index >= 15 is 0 Å². The van der Waals surface area contributed by atoms with E-state index in [0.29, 0.717) is 23.5 Å². The molecule has 0 radical (unpaired) electrons. The number of hydrogen-bond donors (Lipinski definition) is 3. The molecule has 130 valence electrons. The second kappa shape index (κ2) is 8.43. The summed E-state index contributed by atoms with van der Waals surface area (Å²) in [6.45, 7) is 0.360. The van der Waals surface area contributed by atoms with E-state index in [-0.39, 0.29) is 11.9 Å². The largest absolute Gasteiger partial charge is 0.346 e. The Hall–Kier alpha value is -3.67. The first-order chi connectivity index (χ1) is 12.7. The van der Waals surface area contributed by atoms with Crippen molar-refractivity contribution in [2.45, 2.75) is 6.54 Å². The van der Waals surface area contributed by atoms with Crippen molar-refractivity contribution in [3.05, 3.63) is 90.3 Å². The third kappa shape index (κ3) is 4.91. The Morgan fingerprint density at radius 2 is 1.42 bits per heavy atom. The van der Waals surface area contributed by atoms with E-state index in [4.69, 9.17) is 0 Å². The Balaban J connectivity index is 1.52. The summed E-state index contributed by atoms with van der Waals surface area (Å²) >= 11 is 0. The molecule has 1 aromatic heterocycles. The van der Waals surface area contributed by atoms with Crippen LogP contribution in [0.4, 0.5) is 16.2 Å². The van der Waals surface area contributed by atoms with Crippen LogP contribution in [-0.2, 0) is 6.54 Å². The van der Waals surface area contributed by atoms with Crippen LogP contribution in [0.25, 0.3) is 0 Å². The van der Waals surface area contributed by atoms with Crippen molar-refractivity contribution in [3.63, 3.8) is 0 Å². The first kappa shape index (κ1) is 17.2. The van der Waals surface area contributed by atoms with Gasteiger partial charge >= 0.3 is 6.03 Å². The molecular weight excluding hydrogens is 328 g/mol. The van der Waals surface area contributed by atoms with E-state index in [1.807, 2.05) is 36.4 Å². The zero-order valence-electron chi connectivity index (χ0n) is 14.0. The lowest BCUT2D eigenvalue weighted by Crippen LogP contribution is -2.23. The molecule has 0 spiro atoms. The van der Waals surface area contributed by atoms with Gasteiger partial charge in [-0.1, -0.05) is 24.3 Å². The van der Waals surface area contributed by atoms with Crippen LogP contribution in [0, 0.1) is 0 Å². The lowest BCUT2D eigenvalue weighted by atomic mass is 10.2. The van der Waals surface area contributed by atoms with E-state index in [2.05, 4.69) is 20.9 Å². The predicted molar refractivity (Wildman–Crippen MR) is 101 cm³/mol. The molecule has 0 saturated heterocycles. The van der Waals surface area contributed by atoms with Crippen molar-refractivity contribution < 1.29 is 9.59 Å². The highest BCUT2D eigenvalue weighted by molar-refractivity contribution is 6.00. The minimum Gasteiger partial charge on any atom is -0.346 e. The maximum Gasteiger partial charge on any atom is 0.323 e. The number of nitrogens with one attached hydrogen (secondary N) is 3. The Labute approximate surface area is 151 Å². The minimum absolute atomic E-state index is 0.198. The maximum atomic E-state index is 12.2. The number of pyridine rings is 1. The summed E-state index contributed by atoms with van der Waals surface area (Å²) < 4.78 is 0. The van der Waals surface area contributed by atoms with Crippen molar-refractivity contribution in [1.82, 2.24) is 10.3 Å². The van der Waals surface area contributed by atoms with Crippen LogP contribution < -0.4 is 16.0 Å². The lowest BCUT2D eigenvalue weighted by Gasteiger charge is -2.09. The fourth-order valence-electron chi connectivity index (χ4n) is 2.30. The Morgan fingerprint density at radius 1 is 0.769 bits per heavy atom. The zero-order valence-corrected chi connectivity index (χ0v) is 14.0. The van der Waals surface area contributed by atoms with Crippen molar-refractivity contribution >= 4 is 23.3 Å². The average Bonchev–Trinajstić information content (AvgIpc) is 2.68. The summed E-state index contributed by atoms with van der Waals surface area (Å²) in [6.07, 6.45) is 1.68. The van der Waals surface area contributed by atoms with Crippen LogP contribution >= 0.6 is 0 Å². The van der Waals surface area contributed by atoms with Crippen molar-refractivity contribution in [3.8, 4) is 0 Å². The fourth-order valence-corrected chi connectivity index (χ4v) is 2.30. The molecule has 3 amide bonds. The van der Waals surface area contributed by atoms with Crippen LogP contribution in [0.1, 0.15) is 16.1 Å². The highest BCUT2D eigenvalue weighted by Gasteiger charge is 2.07. The molecule has 0 atom stereocenters. The number of nitrogens with zero attached hydrogens (tertiary/aromatic N) is 1. The van der Waals surface area contributed by atoms with Crippen LogP contribution in [0.3, 0.4) is 0 Å². The molecule has 3 N–H and O–H groups in total. The van der Waals surface area contributed by atoms with Crippen molar-refractivity contribution in [1.29, 1.82) is 0 Å². The number of carbonyl (C=O) groups is 2. The molecule has 0 aliphatic heterocycles. The first-order valence-corrected chi connectivity index (χ1v) is 8.12. The molecule has 0 unspecified atom stereocenters. The average molecular weight is 346 g/mol. The Bertz CT molecular complexity index is 865. The van der Waals surface area contributed by atoms with Gasteiger partial charge in [0.15, 0.2) is 0 Å². The molecule has 0 fully saturated rings. The van der Waals surface area contributed by atoms with E-state index in [1.54, 1.807) is 42.6 Å². The van der Waals surface area contributed by atoms with Gasteiger partial charge < -0.3 is 16.0 Å². The molecule has 1 heterocycles. The third-order valence-electron chi connectivity index (χ3n) is 3.59. The first-order valence-electron chi connectivity index (χ1n) is 8.12. The topological polar surface area (TPSA) is 83.1 Å². The number of benzene rings is 2. The van der Waals surface area contributed by atoms with Gasteiger partial charge in [-0.3, -0.25) is 9.78 Å². The minimum atomic E-state index is -0.344. The van der Waals surface area contributed by atoms with E-state index in [1.165, 1.54) is 0 Å². The van der Waals surface area contributed by atoms with E-state index < -0.39 is 0 Å². The molecule has 26 heavy (non-hydrogen) atoms. The second-order valence-electron chi connectivity index (χ2n) is 5.53. The monoisotopic (exact) mass is 346 g/mol. The summed E-state index contributed by atoms with van der Waals surface area (Å²) in [5, 5.41) is 8.26. The van der Waals surface area contributed by atoms with Crippen LogP contribution in [0.15, 0.2) is 79.0 Å². The van der Waals surface area contributed by atoms with Crippen LogP contribution in [0.2, 0.25) is 0 Å². The Morgan fingerprint density at radius 3 is 2.08 bits per heavy atom. The highest BCUT2D eigenvalue weighted by atomic mass is 16.2. The summed E-state index contributed by atoms with van der Waals surface area (Å²) in [5.41, 5.74) is 2.60. The van der Waals surface area contributed by atoms with Gasteiger partial charge in [-0.2, -0.15) is 0 Å². The lowest BCUT2D eigenvalue weighted by molar-refractivity contribution is 0.0950. The SMILES string of the molecule is O=C(Nc1ccccc1)Nc1ccc(C(=O)NCc2ccccn2)cc1. The van der Waals surface area contributed by atoms with Gasteiger partial charge in [0.1, 0.15) is 0 Å². The number of carbonyl (C=O) groups excluding carboxylic acids is 2. The Kier molecular flexibility index (Phi) is 5.57. The molecular formula is C20H18N4O2. The number of urea groups is 1. The maximum absolute atomic E-state index is 12.2. The molecule has 0 bridgehead atoms. The van der Waals surface area contributed by atoms with Crippen LogP contribution in [-0.4, -0.2) is 16.9 Å². The standard InChI is InChI=1S/C20H18N4O2/c25-19(22-14-18-8-4-5-13-21-18)15-9-11-17(12-10-15)24-20(26)23-16-6-2-1-3-7-16/h1-13H,14H2,(H,22,25)(H2,23,24,26). The van der Waals surface area contributed by atoms with Crippen molar-refractivity contribution in [2.24, 2.45) is 0 Å². The van der Waals surface area contributed by atoms with Gasteiger partial charge in [0.05, 0.1) is 12.2 Å². The predicted octanol–water partition coefficient (Wildman–Crippen LogP) is 3.66. The number of amides is 3. The van der Waals surface area contributed by atoms with Gasteiger partial charge in [0.25, 0.3) is 5.91 Å². The number of para-hydroxylation sites is 1. The molecule has 2 aromatic carbocycles. The molecule has 0 saturated carbocycles. The molecule has 6 nitrogen and oxygen atoms in total. The molecule has 3 rings (SSSR count). The fraction of sp³-hybridized carbons (Fsp3) is 0.0500. The van der Waals surface area contributed by atoms with Gasteiger partial charge in [0.2, 0.25) is 0 Å². The summed E-state index contributed by atoms with van der Waals surface area (Å²) in [7, 11) is 0. The smallest absolute Gasteiger partial charge is 0.323 e. The molecule has 6 heteroatoms. The summed E-state index contributed by atoms with van der Waals surface area (Å²) in [5.74, 6) is -0.198. The summed E-state index contributed by atoms with van der Waals surface area (Å²) in [4.78, 5) is 28.3. The normalized spacial score (nSPS) is 10.0. The van der Waals surface area contributed by atoms with Gasteiger partial charge in [-0.25, -0.2) is 4.79 Å². The number of anilines is 2. The van der Waals surface area contributed by atoms with Crippen LogP contribution in [0.5, 0.6) is 0 Å². The zero-order chi connectivity index (χ0) is 18.2. The van der Waals surface area contributed by atoms with Crippen molar-refractivity contribution in [2.75, 3.05) is 10.6 Å². The van der Waals surface area contributed by atoms with Gasteiger partial charge in [-0.05, 0) is 48.5 Å². The van der Waals surface area contributed by atoms with E-state index in [0.717, 1.165) is 5.69 Å². The van der Waals surface area contributed by atoms with Gasteiger partial charge in [0, 0.05) is 23.1 Å².